The largest absolute Gasteiger partial charge is 0.469 e. The van der Waals surface area contributed by atoms with Gasteiger partial charge in [-0.3, -0.25) is 9.59 Å². The molecule has 21 heavy (non-hydrogen) atoms. The van der Waals surface area contributed by atoms with Crippen LogP contribution in [-0.2, 0) is 18.8 Å². The van der Waals surface area contributed by atoms with Gasteiger partial charge in [0.25, 0.3) is 0 Å². The van der Waals surface area contributed by atoms with E-state index in [1.807, 2.05) is 6.08 Å². The van der Waals surface area contributed by atoms with Gasteiger partial charge in [-0.15, -0.1) is 5.92 Å². The molecule has 0 aromatic carbocycles. The number of allylic oxidation sites excluding steroid dienone is 1. The van der Waals surface area contributed by atoms with Crippen LogP contribution in [0.2, 0.25) is 19.6 Å². The van der Waals surface area contributed by atoms with Crippen molar-refractivity contribution in [1.29, 1.82) is 0 Å². The number of ether oxygens (including phenoxy) is 1. The lowest BCUT2D eigenvalue weighted by molar-refractivity contribution is -0.140. The van der Waals surface area contributed by atoms with Crippen LogP contribution in [0.15, 0.2) is 11.6 Å². The summed E-state index contributed by atoms with van der Waals surface area (Å²) in [5, 5.41) is 0. The van der Waals surface area contributed by atoms with Crippen molar-refractivity contribution >= 4 is 20.1 Å². The molecule has 0 heterocycles. The molecule has 1 atom stereocenters. The van der Waals surface area contributed by atoms with Gasteiger partial charge < -0.3 is 9.16 Å². The fourth-order valence-electron chi connectivity index (χ4n) is 2.05. The number of carbonyl (C=O) groups is 2. The first kappa shape index (κ1) is 17.7. The highest BCUT2D eigenvalue weighted by Crippen LogP contribution is 2.23. The highest BCUT2D eigenvalue weighted by molar-refractivity contribution is 6.69. The van der Waals surface area contributed by atoms with Gasteiger partial charge in [-0.05, 0) is 32.1 Å². The number of esters is 1. The molecule has 0 spiro atoms. The number of hydrogen-bond donors (Lipinski definition) is 0. The lowest BCUT2D eigenvalue weighted by Gasteiger charge is -2.21. The number of rotatable bonds is 6. The number of hydrogen-bond acceptors (Lipinski definition) is 4. The van der Waals surface area contributed by atoms with Crippen molar-refractivity contribution in [2.45, 2.75) is 57.8 Å². The first-order valence-electron chi connectivity index (χ1n) is 7.26. The van der Waals surface area contributed by atoms with Crippen molar-refractivity contribution in [2.75, 3.05) is 7.11 Å². The molecule has 0 N–H and O–H groups in total. The van der Waals surface area contributed by atoms with Gasteiger partial charge in [0.1, 0.15) is 0 Å². The molecular formula is C16H24O4Si. The van der Waals surface area contributed by atoms with Crippen LogP contribution in [0.25, 0.3) is 0 Å². The highest BCUT2D eigenvalue weighted by Gasteiger charge is 2.28. The van der Waals surface area contributed by atoms with Gasteiger partial charge in [-0.1, -0.05) is 5.92 Å². The summed E-state index contributed by atoms with van der Waals surface area (Å²) < 4.78 is 10.5. The molecule has 0 radical (unpaired) electrons. The molecule has 0 aliphatic heterocycles. The van der Waals surface area contributed by atoms with Crippen molar-refractivity contribution in [3.8, 4) is 11.8 Å². The molecule has 0 aromatic rings. The van der Waals surface area contributed by atoms with Crippen LogP contribution in [0, 0.1) is 11.8 Å². The Kier molecular flexibility index (Phi) is 6.86. The first-order valence-corrected chi connectivity index (χ1v) is 10.7. The number of Topliss-reactive ketones (excluding diaryl/α,β-unsaturated/α-hetero) is 1. The van der Waals surface area contributed by atoms with Crippen molar-refractivity contribution < 1.29 is 18.8 Å². The van der Waals surface area contributed by atoms with E-state index >= 15 is 0 Å². The Labute approximate surface area is 128 Å². The minimum Gasteiger partial charge on any atom is -0.469 e. The van der Waals surface area contributed by atoms with Crippen LogP contribution in [-0.4, -0.2) is 33.3 Å². The lowest BCUT2D eigenvalue weighted by atomic mass is 10.1. The molecule has 1 aliphatic carbocycles. The van der Waals surface area contributed by atoms with Gasteiger partial charge in [0.05, 0.1) is 13.2 Å². The Morgan fingerprint density at radius 2 is 2.10 bits per heavy atom. The van der Waals surface area contributed by atoms with Crippen LogP contribution in [0.4, 0.5) is 0 Å². The maximum absolute atomic E-state index is 11.9. The minimum absolute atomic E-state index is 0.0692. The first-order chi connectivity index (χ1) is 9.81. The molecule has 1 aliphatic rings. The van der Waals surface area contributed by atoms with Crippen molar-refractivity contribution in [3.05, 3.63) is 11.6 Å². The smallest absolute Gasteiger partial charge is 0.305 e. The van der Waals surface area contributed by atoms with Crippen LogP contribution in [0.5, 0.6) is 0 Å². The fraction of sp³-hybridized carbons (Fsp3) is 0.625. The van der Waals surface area contributed by atoms with Crippen LogP contribution in [0.3, 0.4) is 0 Å². The minimum atomic E-state index is -1.62. The zero-order chi connectivity index (χ0) is 15.9. The molecule has 1 unspecified atom stereocenters. The van der Waals surface area contributed by atoms with E-state index in [1.165, 1.54) is 7.11 Å². The van der Waals surface area contributed by atoms with Gasteiger partial charge in [-0.25, -0.2) is 0 Å². The molecule has 0 amide bonds. The third-order valence-electron chi connectivity index (χ3n) is 2.95. The van der Waals surface area contributed by atoms with Gasteiger partial charge in [0, 0.05) is 31.3 Å². The molecular weight excluding hydrogens is 284 g/mol. The summed E-state index contributed by atoms with van der Waals surface area (Å²) in [7, 11) is -0.241. The zero-order valence-electron chi connectivity index (χ0n) is 13.3. The van der Waals surface area contributed by atoms with E-state index in [4.69, 9.17) is 4.43 Å². The van der Waals surface area contributed by atoms with Gasteiger partial charge in [0.15, 0.2) is 14.1 Å². The van der Waals surface area contributed by atoms with Crippen LogP contribution < -0.4 is 0 Å². The Morgan fingerprint density at radius 1 is 1.38 bits per heavy atom. The molecule has 4 nitrogen and oxygen atoms in total. The highest BCUT2D eigenvalue weighted by atomic mass is 28.4. The number of methoxy groups -OCH3 is 1. The second-order valence-corrected chi connectivity index (χ2v) is 10.5. The van der Waals surface area contributed by atoms with E-state index in [2.05, 4.69) is 36.2 Å². The molecule has 0 saturated heterocycles. The average Bonchev–Trinajstić information content (AvgIpc) is 2.71. The third-order valence-corrected chi connectivity index (χ3v) is 3.96. The van der Waals surface area contributed by atoms with E-state index in [0.29, 0.717) is 32.1 Å². The van der Waals surface area contributed by atoms with Crippen LogP contribution in [0.1, 0.15) is 32.1 Å². The summed E-state index contributed by atoms with van der Waals surface area (Å²) in [6, 6.07) is 0. The summed E-state index contributed by atoms with van der Waals surface area (Å²) >= 11 is 0. The van der Waals surface area contributed by atoms with Crippen molar-refractivity contribution in [2.24, 2.45) is 0 Å². The average molecular weight is 308 g/mol. The second-order valence-electron chi connectivity index (χ2n) is 6.05. The van der Waals surface area contributed by atoms with E-state index in [0.717, 1.165) is 5.57 Å². The fourth-order valence-corrected chi connectivity index (χ4v) is 3.11. The summed E-state index contributed by atoms with van der Waals surface area (Å²) in [5.41, 5.74) is 0.763. The van der Waals surface area contributed by atoms with Gasteiger partial charge >= 0.3 is 5.97 Å². The SMILES string of the molecule is COC(=O)CCCC#CCC1=CC(O[Si](C)(C)C)CC1=O. The van der Waals surface area contributed by atoms with E-state index in [1.54, 1.807) is 0 Å². The predicted molar refractivity (Wildman–Crippen MR) is 84.2 cm³/mol. The monoisotopic (exact) mass is 308 g/mol. The van der Waals surface area contributed by atoms with Gasteiger partial charge in [0.2, 0.25) is 0 Å². The molecule has 0 fully saturated rings. The third kappa shape index (κ3) is 7.26. The Morgan fingerprint density at radius 3 is 2.71 bits per heavy atom. The quantitative estimate of drug-likeness (QED) is 0.328. The van der Waals surface area contributed by atoms with Crippen molar-refractivity contribution in [1.82, 2.24) is 0 Å². The van der Waals surface area contributed by atoms with E-state index < -0.39 is 8.32 Å². The molecule has 0 aromatic heterocycles. The molecule has 0 bridgehead atoms. The Bertz CT molecular complexity index is 477. The molecule has 0 saturated carbocycles. The Hall–Kier alpha value is -1.38. The topological polar surface area (TPSA) is 52.6 Å². The van der Waals surface area contributed by atoms with E-state index in [9.17, 15) is 9.59 Å². The summed E-state index contributed by atoms with van der Waals surface area (Å²) in [5.74, 6) is 5.92. The molecule has 1 rings (SSSR count). The second kappa shape index (κ2) is 8.16. The molecule has 116 valence electrons. The lowest BCUT2D eigenvalue weighted by Crippen LogP contribution is -2.30. The summed E-state index contributed by atoms with van der Waals surface area (Å²) in [6.07, 6.45) is 4.49. The summed E-state index contributed by atoms with van der Waals surface area (Å²) in [4.78, 5) is 22.8. The Balaban J connectivity index is 2.36. The van der Waals surface area contributed by atoms with Crippen LogP contribution >= 0.6 is 0 Å². The predicted octanol–water partition coefficient (Wildman–Crippen LogP) is 2.84. The number of unbranched alkanes of at least 4 members (excludes halogenated alkanes) is 1. The number of ketones is 1. The normalized spacial score (nSPS) is 18.0. The maximum Gasteiger partial charge on any atom is 0.305 e. The molecule has 5 heteroatoms. The van der Waals surface area contributed by atoms with Crippen molar-refractivity contribution in [3.63, 3.8) is 0 Å². The standard InChI is InChI=1S/C16H24O4Si/c1-19-16(18)10-8-6-5-7-9-13-11-14(12-15(13)17)20-21(2,3)4/h11,14H,6,8-10,12H2,1-4H3. The van der Waals surface area contributed by atoms with Gasteiger partial charge in [-0.2, -0.15) is 0 Å². The zero-order valence-corrected chi connectivity index (χ0v) is 14.3. The summed E-state index contributed by atoms with van der Waals surface area (Å²) in [6.45, 7) is 6.35. The van der Waals surface area contributed by atoms with E-state index in [-0.39, 0.29) is 17.9 Å². The number of carbonyl (C=O) groups excluding carboxylic acids is 2. The maximum atomic E-state index is 11.9.